The fourth-order valence-corrected chi connectivity index (χ4v) is 11.9. The van der Waals surface area contributed by atoms with Crippen molar-refractivity contribution < 1.29 is 0 Å². The highest BCUT2D eigenvalue weighted by molar-refractivity contribution is 7.26. The summed E-state index contributed by atoms with van der Waals surface area (Å²) in [7, 11) is 0. The fourth-order valence-electron chi connectivity index (χ4n) is 10.8. The summed E-state index contributed by atoms with van der Waals surface area (Å²) < 4.78 is 2.71. The third-order valence-electron chi connectivity index (χ3n) is 13.6. The minimum Gasteiger partial charge on any atom is -0.135 e. The van der Waals surface area contributed by atoms with Gasteiger partial charge >= 0.3 is 0 Å². The lowest BCUT2D eigenvalue weighted by Crippen LogP contribution is -2.15. The van der Waals surface area contributed by atoms with Gasteiger partial charge in [0, 0.05) is 25.6 Å². The van der Waals surface area contributed by atoms with Crippen LogP contribution in [0.15, 0.2) is 194 Å². The molecule has 0 amide bonds. The molecule has 13 rings (SSSR count). The fraction of sp³-hybridized carbons (Fsp3) is 0.0508. The molecule has 0 unspecified atom stereocenters. The zero-order valence-electron chi connectivity index (χ0n) is 33.4. The molecule has 280 valence electrons. The lowest BCUT2D eigenvalue weighted by molar-refractivity contribution is 0.661. The van der Waals surface area contributed by atoms with Gasteiger partial charge in [0.25, 0.3) is 0 Å². The summed E-state index contributed by atoms with van der Waals surface area (Å²) in [6, 6.07) is 73.0. The Hall–Kier alpha value is -7.06. The second kappa shape index (κ2) is 12.5. The highest BCUT2D eigenvalue weighted by Gasteiger charge is 2.37. The summed E-state index contributed by atoms with van der Waals surface area (Å²) in [6.07, 6.45) is 0. The van der Waals surface area contributed by atoms with Crippen LogP contribution >= 0.6 is 11.3 Å². The van der Waals surface area contributed by atoms with Crippen molar-refractivity contribution in [3.63, 3.8) is 0 Å². The van der Waals surface area contributed by atoms with Gasteiger partial charge in [0.15, 0.2) is 0 Å². The van der Waals surface area contributed by atoms with Gasteiger partial charge in [-0.2, -0.15) is 0 Å². The van der Waals surface area contributed by atoms with Crippen molar-refractivity contribution in [1.82, 2.24) is 0 Å². The SMILES string of the molecule is CC1(C)c2cc(-c3ccc4cc(-c5c6ccccc6c(-c6cccc7ccccc67)c6ccccc56)ccc4c3)ccc2-c2c1ccc1c2ccc2sc3ccccc3c21. The van der Waals surface area contributed by atoms with E-state index in [1.807, 2.05) is 11.3 Å². The Bertz CT molecular complexity index is 3740. The Balaban J connectivity index is 0.928. The predicted molar refractivity (Wildman–Crippen MR) is 261 cm³/mol. The van der Waals surface area contributed by atoms with Crippen molar-refractivity contribution in [2.45, 2.75) is 19.3 Å². The molecule has 0 saturated carbocycles. The van der Waals surface area contributed by atoms with E-state index in [0.717, 1.165) is 0 Å². The van der Waals surface area contributed by atoms with Gasteiger partial charge in [0.1, 0.15) is 0 Å². The molecule has 60 heavy (non-hydrogen) atoms. The molecule has 0 bridgehead atoms. The van der Waals surface area contributed by atoms with Crippen molar-refractivity contribution in [2.75, 3.05) is 0 Å². The summed E-state index contributed by atoms with van der Waals surface area (Å²) in [4.78, 5) is 0. The van der Waals surface area contributed by atoms with Crippen LogP contribution in [0.4, 0.5) is 0 Å². The molecule has 0 saturated heterocycles. The lowest BCUT2D eigenvalue weighted by Gasteiger charge is -2.22. The molecule has 1 aliphatic carbocycles. The van der Waals surface area contributed by atoms with E-state index in [1.165, 1.54) is 130 Å². The van der Waals surface area contributed by atoms with E-state index in [4.69, 9.17) is 0 Å². The number of benzene rings is 11. The minimum absolute atomic E-state index is 0.110. The van der Waals surface area contributed by atoms with E-state index in [-0.39, 0.29) is 5.41 Å². The smallest absolute Gasteiger partial charge is 0.0361 e. The van der Waals surface area contributed by atoms with Crippen LogP contribution < -0.4 is 0 Å². The standard InChI is InChI=1S/C59H38S/c1-59(2)51-30-28-48-47(29-31-54-58(48)50-19-9-10-21-53(50)60-54)57(51)49-27-26-39(34-52(49)59)37-22-23-38-33-40(25-24-36(38)32-37)55-43-15-5-7-17-45(43)56(46-18-8-6-16-44(46)55)42-20-11-13-35-12-3-4-14-41(35)42/h3-34H,1-2H3. The summed E-state index contributed by atoms with van der Waals surface area (Å²) in [5.74, 6) is 0. The molecule has 0 spiro atoms. The molecule has 0 aliphatic heterocycles. The third kappa shape index (κ3) is 4.73. The molecule has 1 heterocycles. The molecular weight excluding hydrogens is 741 g/mol. The van der Waals surface area contributed by atoms with Crippen LogP contribution in [-0.4, -0.2) is 0 Å². The molecule has 0 radical (unpaired) electrons. The molecule has 0 nitrogen and oxygen atoms in total. The molecule has 0 N–H and O–H groups in total. The Kier molecular flexibility index (Phi) is 7.04. The molecule has 0 atom stereocenters. The van der Waals surface area contributed by atoms with Crippen molar-refractivity contribution in [2.24, 2.45) is 0 Å². The maximum atomic E-state index is 2.46. The van der Waals surface area contributed by atoms with Crippen LogP contribution in [0, 0.1) is 0 Å². The van der Waals surface area contributed by atoms with Crippen molar-refractivity contribution in [1.29, 1.82) is 0 Å². The Morgan fingerprint density at radius 1 is 0.317 bits per heavy atom. The van der Waals surface area contributed by atoms with Crippen LogP contribution in [0.1, 0.15) is 25.0 Å². The first-order chi connectivity index (χ1) is 29.5. The highest BCUT2D eigenvalue weighted by Crippen LogP contribution is 2.54. The van der Waals surface area contributed by atoms with E-state index in [2.05, 4.69) is 208 Å². The van der Waals surface area contributed by atoms with Crippen LogP contribution in [0.3, 0.4) is 0 Å². The average Bonchev–Trinajstić information content (AvgIpc) is 3.79. The minimum atomic E-state index is -0.110. The molecule has 11 aromatic carbocycles. The van der Waals surface area contributed by atoms with Crippen molar-refractivity contribution in [3.8, 4) is 44.5 Å². The van der Waals surface area contributed by atoms with E-state index >= 15 is 0 Å². The molecule has 0 fully saturated rings. The zero-order valence-corrected chi connectivity index (χ0v) is 34.2. The second-order valence-corrected chi connectivity index (χ2v) is 18.2. The van der Waals surface area contributed by atoms with Crippen molar-refractivity contribution >= 4 is 85.4 Å². The van der Waals surface area contributed by atoms with Crippen molar-refractivity contribution in [3.05, 3.63) is 205 Å². The highest BCUT2D eigenvalue weighted by atomic mass is 32.1. The maximum absolute atomic E-state index is 2.46. The normalized spacial score (nSPS) is 13.3. The Labute approximate surface area is 352 Å². The third-order valence-corrected chi connectivity index (χ3v) is 14.8. The maximum Gasteiger partial charge on any atom is 0.0361 e. The monoisotopic (exact) mass is 778 g/mol. The van der Waals surface area contributed by atoms with Gasteiger partial charge in [-0.25, -0.2) is 0 Å². The van der Waals surface area contributed by atoms with Gasteiger partial charge in [-0.3, -0.25) is 0 Å². The number of hydrogen-bond donors (Lipinski definition) is 0. The summed E-state index contributed by atoms with van der Waals surface area (Å²) >= 11 is 1.90. The topological polar surface area (TPSA) is 0 Å². The molecule has 12 aromatic rings. The second-order valence-electron chi connectivity index (χ2n) is 17.2. The van der Waals surface area contributed by atoms with Crippen LogP contribution in [0.25, 0.3) is 119 Å². The van der Waals surface area contributed by atoms with Gasteiger partial charge in [-0.1, -0.05) is 178 Å². The molecule has 1 heteroatoms. The van der Waals surface area contributed by atoms with Crippen LogP contribution in [0.5, 0.6) is 0 Å². The van der Waals surface area contributed by atoms with Gasteiger partial charge in [0.2, 0.25) is 0 Å². The van der Waals surface area contributed by atoms with Gasteiger partial charge in [-0.05, 0) is 140 Å². The van der Waals surface area contributed by atoms with Crippen LogP contribution in [0.2, 0.25) is 0 Å². The first-order valence-corrected chi connectivity index (χ1v) is 21.8. The number of rotatable bonds is 3. The van der Waals surface area contributed by atoms with Gasteiger partial charge < -0.3 is 0 Å². The first-order valence-electron chi connectivity index (χ1n) is 21.0. The lowest BCUT2D eigenvalue weighted by atomic mass is 9.81. The average molecular weight is 779 g/mol. The van der Waals surface area contributed by atoms with E-state index in [0.29, 0.717) is 0 Å². The Morgan fingerprint density at radius 3 is 1.65 bits per heavy atom. The summed E-state index contributed by atoms with van der Waals surface area (Å²) in [6.45, 7) is 4.80. The number of hydrogen-bond acceptors (Lipinski definition) is 1. The Morgan fingerprint density at radius 2 is 0.883 bits per heavy atom. The largest absolute Gasteiger partial charge is 0.135 e. The zero-order chi connectivity index (χ0) is 39.7. The number of thiophene rings is 1. The van der Waals surface area contributed by atoms with E-state index in [9.17, 15) is 0 Å². The molecule has 1 aliphatic rings. The summed E-state index contributed by atoms with van der Waals surface area (Å²) in [5.41, 5.74) is 13.1. The quantitative estimate of drug-likeness (QED) is 0.157. The number of fused-ring (bicyclic) bond motifs is 13. The van der Waals surface area contributed by atoms with Crippen LogP contribution in [-0.2, 0) is 5.41 Å². The van der Waals surface area contributed by atoms with Gasteiger partial charge in [-0.15, -0.1) is 11.3 Å². The first kappa shape index (κ1) is 33.9. The molecule has 1 aromatic heterocycles. The summed E-state index contributed by atoms with van der Waals surface area (Å²) in [5, 5.41) is 15.6. The van der Waals surface area contributed by atoms with E-state index in [1.54, 1.807) is 0 Å². The van der Waals surface area contributed by atoms with Gasteiger partial charge in [0.05, 0.1) is 0 Å². The van der Waals surface area contributed by atoms with E-state index < -0.39 is 0 Å². The predicted octanol–water partition coefficient (Wildman–Crippen LogP) is 17.1. The molecular formula is C59H38S.